The largest absolute Gasteiger partial charge is 0.310 e. The molecule has 0 saturated heterocycles. The van der Waals surface area contributed by atoms with Gasteiger partial charge in [-0.2, -0.15) is 4.31 Å². The molecule has 0 fully saturated rings. The average Bonchev–Trinajstić information content (AvgIpc) is 2.48. The molecule has 0 aliphatic carbocycles. The highest BCUT2D eigenvalue weighted by Gasteiger charge is 2.32. The number of nitrogens with one attached hydrogen (secondary N) is 1. The van der Waals surface area contributed by atoms with Crippen LogP contribution in [0.15, 0.2) is 18.3 Å². The Balaban J connectivity index is 2.90. The number of carbonyl (C=O) groups excluding carboxylic acids is 1. The van der Waals surface area contributed by atoms with Crippen LogP contribution < -0.4 is 5.32 Å². The second-order valence-corrected chi connectivity index (χ2v) is 7.69. The van der Waals surface area contributed by atoms with Crippen molar-refractivity contribution in [3.63, 3.8) is 0 Å². The fourth-order valence-corrected chi connectivity index (χ4v) is 4.31. The fraction of sp³-hybridized carbons (Fsp3) is 0.625. The van der Waals surface area contributed by atoms with Crippen LogP contribution in [-0.4, -0.2) is 41.5 Å². The van der Waals surface area contributed by atoms with E-state index in [0.717, 1.165) is 5.56 Å². The van der Waals surface area contributed by atoms with E-state index < -0.39 is 21.7 Å². The molecular weight excluding hydrogens is 314 g/mol. The van der Waals surface area contributed by atoms with Crippen molar-refractivity contribution >= 4 is 21.7 Å². The quantitative estimate of drug-likeness (QED) is 0.788. The number of carbonyl (C=O) groups is 1. The van der Waals surface area contributed by atoms with Crippen LogP contribution >= 0.6 is 0 Å². The summed E-state index contributed by atoms with van der Waals surface area (Å²) >= 11 is 0. The molecule has 0 aromatic carbocycles. The summed E-state index contributed by atoms with van der Waals surface area (Å²) in [5.74, 6) is -0.743. The average molecular weight is 341 g/mol. The van der Waals surface area contributed by atoms with Gasteiger partial charge in [0.1, 0.15) is 11.6 Å². The van der Waals surface area contributed by atoms with Crippen molar-refractivity contribution in [2.75, 3.05) is 11.1 Å². The lowest BCUT2D eigenvalue weighted by atomic mass is 10.2. The van der Waals surface area contributed by atoms with Crippen LogP contribution in [0.4, 0.5) is 5.82 Å². The molecule has 0 radical (unpaired) electrons. The number of hydrogen-bond donors (Lipinski definition) is 1. The third-order valence-electron chi connectivity index (χ3n) is 3.95. The SMILES string of the molecule is CCC(C)N(C(C)CC)S(=O)(=O)CC(=O)Nc1ncccc1C. The highest BCUT2D eigenvalue weighted by molar-refractivity contribution is 7.89. The maximum atomic E-state index is 12.7. The summed E-state index contributed by atoms with van der Waals surface area (Å²) in [7, 11) is -3.68. The number of amides is 1. The first-order valence-corrected chi connectivity index (χ1v) is 9.56. The van der Waals surface area contributed by atoms with Gasteiger partial charge in [0.05, 0.1) is 0 Å². The molecule has 2 unspecified atom stereocenters. The zero-order valence-electron chi connectivity index (χ0n) is 14.5. The smallest absolute Gasteiger partial charge is 0.242 e. The molecule has 0 saturated carbocycles. The Morgan fingerprint density at radius 1 is 1.26 bits per heavy atom. The van der Waals surface area contributed by atoms with E-state index in [-0.39, 0.29) is 12.1 Å². The lowest BCUT2D eigenvalue weighted by Crippen LogP contribution is -2.47. The Morgan fingerprint density at radius 3 is 2.30 bits per heavy atom. The van der Waals surface area contributed by atoms with Crippen molar-refractivity contribution in [2.45, 2.75) is 59.5 Å². The topological polar surface area (TPSA) is 79.4 Å². The standard InChI is InChI=1S/C16H27N3O3S/c1-6-13(4)19(14(5)7-2)23(21,22)11-15(20)18-16-12(3)9-8-10-17-16/h8-10,13-14H,6-7,11H2,1-5H3,(H,17,18,20). The maximum Gasteiger partial charge on any atom is 0.242 e. The fourth-order valence-electron chi connectivity index (χ4n) is 2.37. The molecule has 1 heterocycles. The van der Waals surface area contributed by atoms with Gasteiger partial charge in [-0.3, -0.25) is 4.79 Å². The van der Waals surface area contributed by atoms with Gasteiger partial charge in [0.2, 0.25) is 15.9 Å². The Hall–Kier alpha value is -1.47. The molecular formula is C16H27N3O3S. The van der Waals surface area contributed by atoms with E-state index in [2.05, 4.69) is 10.3 Å². The van der Waals surface area contributed by atoms with Crippen molar-refractivity contribution < 1.29 is 13.2 Å². The Bertz CT molecular complexity index is 621. The van der Waals surface area contributed by atoms with Gasteiger partial charge in [-0.25, -0.2) is 13.4 Å². The summed E-state index contributed by atoms with van der Waals surface area (Å²) in [4.78, 5) is 16.2. The van der Waals surface area contributed by atoms with Gasteiger partial charge in [0.25, 0.3) is 0 Å². The van der Waals surface area contributed by atoms with Crippen molar-refractivity contribution in [1.29, 1.82) is 0 Å². The zero-order valence-corrected chi connectivity index (χ0v) is 15.4. The minimum Gasteiger partial charge on any atom is -0.310 e. The molecule has 0 aliphatic heterocycles. The molecule has 2 atom stereocenters. The van der Waals surface area contributed by atoms with E-state index in [1.54, 1.807) is 12.3 Å². The van der Waals surface area contributed by atoms with Crippen molar-refractivity contribution in [2.24, 2.45) is 0 Å². The second kappa shape index (κ2) is 8.40. The summed E-state index contributed by atoms with van der Waals surface area (Å²) in [6.45, 7) is 9.41. The first kappa shape index (κ1) is 19.6. The number of anilines is 1. The molecule has 7 heteroatoms. The van der Waals surface area contributed by atoms with Crippen LogP contribution in [-0.2, 0) is 14.8 Å². The highest BCUT2D eigenvalue weighted by Crippen LogP contribution is 2.18. The van der Waals surface area contributed by atoms with Gasteiger partial charge in [-0.05, 0) is 45.2 Å². The van der Waals surface area contributed by atoms with Gasteiger partial charge >= 0.3 is 0 Å². The minimum atomic E-state index is -3.68. The van der Waals surface area contributed by atoms with E-state index >= 15 is 0 Å². The summed E-state index contributed by atoms with van der Waals surface area (Å²) in [5, 5.41) is 2.58. The predicted molar refractivity (Wildman–Crippen MR) is 92.7 cm³/mol. The number of aryl methyl sites for hydroxylation is 1. The van der Waals surface area contributed by atoms with Crippen LogP contribution in [0.25, 0.3) is 0 Å². The minimum absolute atomic E-state index is 0.140. The molecule has 23 heavy (non-hydrogen) atoms. The summed E-state index contributed by atoms with van der Waals surface area (Å²) < 4.78 is 26.8. The van der Waals surface area contributed by atoms with E-state index in [0.29, 0.717) is 18.7 Å². The molecule has 0 spiro atoms. The van der Waals surface area contributed by atoms with Crippen LogP contribution in [0.5, 0.6) is 0 Å². The number of hydrogen-bond acceptors (Lipinski definition) is 4. The Kier molecular flexibility index (Phi) is 7.15. The van der Waals surface area contributed by atoms with E-state index in [4.69, 9.17) is 0 Å². The molecule has 130 valence electrons. The van der Waals surface area contributed by atoms with E-state index in [9.17, 15) is 13.2 Å². The normalized spacial score (nSPS) is 14.5. The van der Waals surface area contributed by atoms with Gasteiger partial charge < -0.3 is 5.32 Å². The summed E-state index contributed by atoms with van der Waals surface area (Å²) in [6.07, 6.45) is 2.96. The number of nitrogens with zero attached hydrogens (tertiary/aromatic N) is 2. The van der Waals surface area contributed by atoms with E-state index in [1.807, 2.05) is 40.7 Å². The molecule has 1 rings (SSSR count). The lowest BCUT2D eigenvalue weighted by Gasteiger charge is -2.32. The van der Waals surface area contributed by atoms with Gasteiger partial charge in [-0.1, -0.05) is 19.9 Å². The van der Waals surface area contributed by atoms with Crippen LogP contribution in [0.1, 0.15) is 46.1 Å². The van der Waals surface area contributed by atoms with Gasteiger partial charge in [0, 0.05) is 18.3 Å². The molecule has 1 aromatic rings. The molecule has 1 N–H and O–H groups in total. The predicted octanol–water partition coefficient (Wildman–Crippen LogP) is 2.56. The van der Waals surface area contributed by atoms with Gasteiger partial charge in [-0.15, -0.1) is 0 Å². The molecule has 1 amide bonds. The first-order valence-electron chi connectivity index (χ1n) is 7.95. The molecule has 0 bridgehead atoms. The third-order valence-corrected chi connectivity index (χ3v) is 5.94. The Morgan fingerprint density at radius 2 is 1.83 bits per heavy atom. The second-order valence-electron chi connectivity index (χ2n) is 5.82. The Labute approximate surface area is 139 Å². The zero-order chi connectivity index (χ0) is 17.6. The van der Waals surface area contributed by atoms with Crippen molar-refractivity contribution in [1.82, 2.24) is 9.29 Å². The number of aromatic nitrogens is 1. The van der Waals surface area contributed by atoms with Crippen LogP contribution in [0.3, 0.4) is 0 Å². The number of sulfonamides is 1. The van der Waals surface area contributed by atoms with Crippen molar-refractivity contribution in [3.8, 4) is 0 Å². The lowest BCUT2D eigenvalue weighted by molar-refractivity contribution is -0.114. The summed E-state index contributed by atoms with van der Waals surface area (Å²) in [6, 6.07) is 3.29. The molecule has 1 aromatic heterocycles. The molecule has 6 nitrogen and oxygen atoms in total. The van der Waals surface area contributed by atoms with Gasteiger partial charge in [0.15, 0.2) is 0 Å². The monoisotopic (exact) mass is 341 g/mol. The number of pyridine rings is 1. The summed E-state index contributed by atoms with van der Waals surface area (Å²) in [5.41, 5.74) is 0.791. The van der Waals surface area contributed by atoms with Crippen LogP contribution in [0.2, 0.25) is 0 Å². The van der Waals surface area contributed by atoms with Crippen LogP contribution in [0, 0.1) is 6.92 Å². The van der Waals surface area contributed by atoms with E-state index in [1.165, 1.54) is 4.31 Å². The third kappa shape index (κ3) is 5.28. The maximum absolute atomic E-state index is 12.7. The highest BCUT2D eigenvalue weighted by atomic mass is 32.2. The first-order chi connectivity index (χ1) is 10.7. The number of rotatable bonds is 8. The van der Waals surface area contributed by atoms with Crippen molar-refractivity contribution in [3.05, 3.63) is 23.9 Å². The molecule has 0 aliphatic rings.